The molecule has 0 saturated carbocycles. The highest BCUT2D eigenvalue weighted by atomic mass is 16.1. The molecule has 8 nitrogen and oxygen atoms in total. The van der Waals surface area contributed by atoms with Crippen LogP contribution in [0.5, 0.6) is 0 Å². The molecule has 3 aromatic rings. The Morgan fingerprint density at radius 3 is 2.73 bits per heavy atom. The third-order valence-electron chi connectivity index (χ3n) is 4.86. The van der Waals surface area contributed by atoms with Gasteiger partial charge in [-0.1, -0.05) is 0 Å². The van der Waals surface area contributed by atoms with E-state index in [-0.39, 0.29) is 11.9 Å². The van der Waals surface area contributed by atoms with Crippen molar-refractivity contribution in [2.45, 2.75) is 25.8 Å². The average Bonchev–Trinajstić information content (AvgIpc) is 2.99. The summed E-state index contributed by atoms with van der Waals surface area (Å²) in [6, 6.07) is 5.52. The SMILES string of the molecule is CC(=O)NC1CCN(c2ncnc3[nH]c4ccc(C(N)=O)cc4c23)CC1. The highest BCUT2D eigenvalue weighted by Gasteiger charge is 2.23. The number of aromatic nitrogens is 3. The number of hydrogen-bond acceptors (Lipinski definition) is 5. The zero-order valence-electron chi connectivity index (χ0n) is 14.5. The van der Waals surface area contributed by atoms with E-state index >= 15 is 0 Å². The number of rotatable bonds is 3. The number of nitrogens with one attached hydrogen (secondary N) is 2. The highest BCUT2D eigenvalue weighted by molar-refractivity contribution is 6.13. The Hall–Kier alpha value is -3.16. The summed E-state index contributed by atoms with van der Waals surface area (Å²) < 4.78 is 0. The van der Waals surface area contributed by atoms with Gasteiger partial charge in [-0.15, -0.1) is 0 Å². The first-order valence-corrected chi connectivity index (χ1v) is 8.61. The molecular weight excluding hydrogens is 332 g/mol. The van der Waals surface area contributed by atoms with Crippen LogP contribution in [0, 0.1) is 0 Å². The molecule has 0 atom stereocenters. The van der Waals surface area contributed by atoms with Gasteiger partial charge >= 0.3 is 0 Å². The van der Waals surface area contributed by atoms with E-state index in [4.69, 9.17) is 5.73 Å². The number of benzene rings is 1. The molecule has 8 heteroatoms. The summed E-state index contributed by atoms with van der Waals surface area (Å²) in [7, 11) is 0. The quantitative estimate of drug-likeness (QED) is 0.657. The number of primary amides is 1. The van der Waals surface area contributed by atoms with Gasteiger partial charge in [0, 0.05) is 42.5 Å². The zero-order chi connectivity index (χ0) is 18.3. The standard InChI is InChI=1S/C18H20N6O2/c1-10(25)22-12-4-6-24(7-5-12)18-15-13-8-11(16(19)26)2-3-14(13)23-17(15)20-9-21-18/h2-3,8-9,12H,4-7H2,1H3,(H2,19,26)(H,22,25)(H,20,21,23). The number of H-pyrrole nitrogens is 1. The third kappa shape index (κ3) is 2.83. The first kappa shape index (κ1) is 16.3. The van der Waals surface area contributed by atoms with Crippen LogP contribution in [-0.2, 0) is 4.79 Å². The first-order chi connectivity index (χ1) is 12.5. The molecule has 2 amide bonds. The van der Waals surface area contributed by atoms with Gasteiger partial charge in [0.05, 0.1) is 5.39 Å². The number of carbonyl (C=O) groups is 2. The Kier molecular flexibility index (Phi) is 3.95. The van der Waals surface area contributed by atoms with Gasteiger partial charge in [0.2, 0.25) is 11.8 Å². The minimum atomic E-state index is -0.462. The van der Waals surface area contributed by atoms with E-state index in [0.717, 1.165) is 53.7 Å². The van der Waals surface area contributed by atoms with Gasteiger partial charge in [0.15, 0.2) is 0 Å². The van der Waals surface area contributed by atoms with Crippen molar-refractivity contribution < 1.29 is 9.59 Å². The third-order valence-corrected chi connectivity index (χ3v) is 4.86. The lowest BCUT2D eigenvalue weighted by molar-refractivity contribution is -0.119. The summed E-state index contributed by atoms with van der Waals surface area (Å²) >= 11 is 0. The predicted molar refractivity (Wildman–Crippen MR) is 99.0 cm³/mol. The van der Waals surface area contributed by atoms with Crippen LogP contribution in [0.4, 0.5) is 5.82 Å². The smallest absolute Gasteiger partial charge is 0.248 e. The van der Waals surface area contributed by atoms with Crippen LogP contribution in [-0.4, -0.2) is 45.9 Å². The second-order valence-corrected chi connectivity index (χ2v) is 6.63. The Morgan fingerprint density at radius 2 is 2.04 bits per heavy atom. The Balaban J connectivity index is 1.73. The number of hydrogen-bond donors (Lipinski definition) is 3. The summed E-state index contributed by atoms with van der Waals surface area (Å²) in [6.45, 7) is 3.13. The molecule has 0 spiro atoms. The second-order valence-electron chi connectivity index (χ2n) is 6.63. The van der Waals surface area contributed by atoms with Gasteiger partial charge in [0.1, 0.15) is 17.8 Å². The van der Waals surface area contributed by atoms with E-state index in [2.05, 4.69) is 25.2 Å². The maximum Gasteiger partial charge on any atom is 0.248 e. The first-order valence-electron chi connectivity index (χ1n) is 8.61. The maximum absolute atomic E-state index is 11.5. The molecule has 134 valence electrons. The molecular formula is C18H20N6O2. The predicted octanol–water partition coefficient (Wildman–Crippen LogP) is 1.31. The van der Waals surface area contributed by atoms with Crippen LogP contribution in [0.1, 0.15) is 30.1 Å². The normalized spacial score (nSPS) is 15.5. The average molecular weight is 352 g/mol. The molecule has 1 saturated heterocycles. The lowest BCUT2D eigenvalue weighted by atomic mass is 10.0. The summed E-state index contributed by atoms with van der Waals surface area (Å²) in [4.78, 5) is 37.1. The van der Waals surface area contributed by atoms with Gasteiger partial charge < -0.3 is 20.9 Å². The molecule has 1 aromatic carbocycles. The second kappa shape index (κ2) is 6.29. The number of piperidine rings is 1. The lowest BCUT2D eigenvalue weighted by Gasteiger charge is -2.33. The van der Waals surface area contributed by atoms with E-state index in [1.807, 2.05) is 6.07 Å². The van der Waals surface area contributed by atoms with Crippen molar-refractivity contribution in [2.24, 2.45) is 5.73 Å². The summed E-state index contributed by atoms with van der Waals surface area (Å²) in [5, 5.41) is 4.76. The topological polar surface area (TPSA) is 117 Å². The molecule has 4 N–H and O–H groups in total. The van der Waals surface area contributed by atoms with E-state index < -0.39 is 5.91 Å². The number of amides is 2. The minimum absolute atomic E-state index is 0.00323. The Labute approximate surface area is 149 Å². The van der Waals surface area contributed by atoms with Crippen molar-refractivity contribution in [1.82, 2.24) is 20.3 Å². The van der Waals surface area contributed by atoms with Crippen LogP contribution in [0.2, 0.25) is 0 Å². The molecule has 1 fully saturated rings. The number of fused-ring (bicyclic) bond motifs is 3. The van der Waals surface area contributed by atoms with Crippen LogP contribution >= 0.6 is 0 Å². The number of aromatic amines is 1. The molecule has 3 heterocycles. The number of nitrogens with zero attached hydrogens (tertiary/aromatic N) is 3. The van der Waals surface area contributed by atoms with Crippen molar-refractivity contribution in [3.05, 3.63) is 30.1 Å². The fraction of sp³-hybridized carbons (Fsp3) is 0.333. The molecule has 4 rings (SSSR count). The summed E-state index contributed by atoms with van der Waals surface area (Å²) in [5.74, 6) is 0.378. The van der Waals surface area contributed by atoms with Gasteiger partial charge in [-0.3, -0.25) is 9.59 Å². The van der Waals surface area contributed by atoms with Crippen LogP contribution in [0.3, 0.4) is 0 Å². The summed E-state index contributed by atoms with van der Waals surface area (Å²) in [6.07, 6.45) is 3.27. The monoisotopic (exact) mass is 352 g/mol. The molecule has 0 bridgehead atoms. The Bertz CT molecular complexity index is 1000. The van der Waals surface area contributed by atoms with Crippen molar-refractivity contribution in [3.63, 3.8) is 0 Å². The van der Waals surface area contributed by atoms with Crippen LogP contribution in [0.25, 0.3) is 21.9 Å². The van der Waals surface area contributed by atoms with Crippen molar-refractivity contribution in [2.75, 3.05) is 18.0 Å². The number of carbonyl (C=O) groups excluding carboxylic acids is 2. The van der Waals surface area contributed by atoms with Gasteiger partial charge in [-0.05, 0) is 31.0 Å². The molecule has 26 heavy (non-hydrogen) atoms. The summed E-state index contributed by atoms with van der Waals surface area (Å²) in [5.41, 5.74) is 7.51. The molecule has 1 aliphatic heterocycles. The molecule has 1 aliphatic rings. The molecule has 0 radical (unpaired) electrons. The molecule has 0 aliphatic carbocycles. The molecule has 2 aromatic heterocycles. The van der Waals surface area contributed by atoms with E-state index in [0.29, 0.717) is 5.56 Å². The lowest BCUT2D eigenvalue weighted by Crippen LogP contribution is -2.44. The van der Waals surface area contributed by atoms with Gasteiger partial charge in [-0.2, -0.15) is 0 Å². The van der Waals surface area contributed by atoms with E-state index in [9.17, 15) is 9.59 Å². The van der Waals surface area contributed by atoms with E-state index in [1.54, 1.807) is 25.4 Å². The van der Waals surface area contributed by atoms with Crippen LogP contribution in [0.15, 0.2) is 24.5 Å². The largest absolute Gasteiger partial charge is 0.366 e. The Morgan fingerprint density at radius 1 is 1.27 bits per heavy atom. The minimum Gasteiger partial charge on any atom is -0.366 e. The maximum atomic E-state index is 11.5. The van der Waals surface area contributed by atoms with Crippen molar-refractivity contribution in [3.8, 4) is 0 Å². The zero-order valence-corrected chi connectivity index (χ0v) is 14.5. The number of anilines is 1. The van der Waals surface area contributed by atoms with Crippen molar-refractivity contribution >= 4 is 39.6 Å². The fourth-order valence-corrected chi connectivity index (χ4v) is 3.62. The van der Waals surface area contributed by atoms with Crippen molar-refractivity contribution in [1.29, 1.82) is 0 Å². The highest BCUT2D eigenvalue weighted by Crippen LogP contribution is 2.32. The van der Waals surface area contributed by atoms with E-state index in [1.165, 1.54) is 0 Å². The number of nitrogens with two attached hydrogens (primary N) is 1. The molecule has 0 unspecified atom stereocenters. The van der Waals surface area contributed by atoms with Gasteiger partial charge in [0.25, 0.3) is 0 Å². The fourth-order valence-electron chi connectivity index (χ4n) is 3.62. The van der Waals surface area contributed by atoms with Gasteiger partial charge in [-0.25, -0.2) is 9.97 Å². The van der Waals surface area contributed by atoms with Crippen LogP contribution < -0.4 is 16.0 Å².